The van der Waals surface area contributed by atoms with Crippen molar-refractivity contribution in [1.29, 1.82) is 0 Å². The predicted octanol–water partition coefficient (Wildman–Crippen LogP) is 2.78. The highest BCUT2D eigenvalue weighted by atomic mass is 16.5. The highest BCUT2D eigenvalue weighted by Gasteiger charge is 2.54. The Bertz CT molecular complexity index is 1550. The van der Waals surface area contributed by atoms with Crippen LogP contribution in [0, 0.1) is 11.3 Å². The van der Waals surface area contributed by atoms with Crippen molar-refractivity contribution >= 4 is 17.3 Å². The fourth-order valence-electron chi connectivity index (χ4n) is 7.25. The Morgan fingerprint density at radius 1 is 1.14 bits per heavy atom. The van der Waals surface area contributed by atoms with Crippen molar-refractivity contribution in [2.75, 3.05) is 19.7 Å². The third-order valence-corrected chi connectivity index (χ3v) is 9.66. The topological polar surface area (TPSA) is 158 Å². The molecule has 0 aromatic carbocycles. The Balaban J connectivity index is 0.938. The number of nitrogens with one attached hydrogen (secondary N) is 2. The number of hydrogen-bond acceptors (Lipinski definition) is 8. The van der Waals surface area contributed by atoms with Crippen molar-refractivity contribution < 1.29 is 24.2 Å². The Morgan fingerprint density at radius 3 is 2.57 bits per heavy atom. The molecule has 4 fully saturated rings. The number of fused-ring (bicyclic) bond motifs is 1. The highest BCUT2D eigenvalue weighted by Crippen LogP contribution is 2.57. The van der Waals surface area contributed by atoms with E-state index in [1.807, 2.05) is 21.3 Å². The van der Waals surface area contributed by atoms with E-state index < -0.39 is 11.5 Å². The van der Waals surface area contributed by atoms with Crippen molar-refractivity contribution in [3.05, 3.63) is 41.3 Å². The first-order valence-electron chi connectivity index (χ1n) is 16.0. The molecule has 4 heterocycles. The van der Waals surface area contributed by atoms with Crippen molar-refractivity contribution in [2.24, 2.45) is 17.1 Å². The maximum absolute atomic E-state index is 13.3. The molecule has 1 saturated heterocycles. The zero-order valence-corrected chi connectivity index (χ0v) is 25.6. The average Bonchev–Trinajstić information content (AvgIpc) is 3.55. The predicted molar refractivity (Wildman–Crippen MR) is 162 cm³/mol. The van der Waals surface area contributed by atoms with Gasteiger partial charge in [0.2, 0.25) is 5.88 Å². The summed E-state index contributed by atoms with van der Waals surface area (Å²) in [7, 11) is 0. The van der Waals surface area contributed by atoms with Crippen LogP contribution in [0.25, 0.3) is 5.52 Å². The maximum atomic E-state index is 13.3. The van der Waals surface area contributed by atoms with Crippen LogP contribution < -0.4 is 25.8 Å². The SMILES string of the molecule is CC(C)(O)COc1ccc2c(C(=O)N[C@H]3CC4(C3)C[C@H](Oc3nn(CC5CCNCC5)cc3C(N)=O)C4)cnn2c1C1CC1. The standard InChI is InChI=1S/C32H43N7O5/c1-31(2,42)18-43-26-6-5-25-23(15-35-39(25)27(26)20-3-4-20)29(41)36-21-11-32(12-21)13-22(14-32)44-30-24(28(33)40)17-38(37-30)16-19-7-9-34-10-8-19/h5-6,15,17,19-22,34,42H,3-4,7-14,16,18H2,1-2H3,(H2,33,40)(H,36,41)/t21-,22-,32?. The lowest BCUT2D eigenvalue weighted by Crippen LogP contribution is -2.58. The number of piperidine rings is 1. The zero-order chi connectivity index (χ0) is 30.6. The second-order valence-corrected chi connectivity index (χ2v) is 14.2. The molecule has 4 aliphatic rings. The van der Waals surface area contributed by atoms with Crippen LogP contribution in [0.2, 0.25) is 0 Å². The molecule has 0 atom stereocenters. The number of pyridine rings is 1. The Morgan fingerprint density at radius 2 is 1.89 bits per heavy atom. The number of ether oxygens (including phenoxy) is 2. The minimum atomic E-state index is -0.945. The summed E-state index contributed by atoms with van der Waals surface area (Å²) in [5, 5.41) is 25.9. The highest BCUT2D eigenvalue weighted by molar-refractivity contribution is 6.01. The van der Waals surface area contributed by atoms with Crippen molar-refractivity contribution in [1.82, 2.24) is 30.0 Å². The number of carbonyl (C=O) groups is 2. The molecule has 3 aromatic rings. The number of primary amides is 1. The summed E-state index contributed by atoms with van der Waals surface area (Å²) in [6.45, 7) is 6.37. The van der Waals surface area contributed by atoms with E-state index >= 15 is 0 Å². The van der Waals surface area contributed by atoms with Gasteiger partial charge in [-0.25, -0.2) is 4.52 Å². The second-order valence-electron chi connectivity index (χ2n) is 14.2. The fourth-order valence-corrected chi connectivity index (χ4v) is 7.25. The number of aromatic nitrogens is 4. The lowest BCUT2D eigenvalue weighted by atomic mass is 9.53. The minimum absolute atomic E-state index is 0.0136. The molecule has 3 saturated carbocycles. The van der Waals surface area contributed by atoms with E-state index in [2.05, 4.69) is 20.8 Å². The molecule has 2 amide bonds. The van der Waals surface area contributed by atoms with Crippen LogP contribution >= 0.6 is 0 Å². The van der Waals surface area contributed by atoms with Crippen LogP contribution in [0.3, 0.4) is 0 Å². The fraction of sp³-hybridized carbons (Fsp3) is 0.625. The van der Waals surface area contributed by atoms with Gasteiger partial charge in [0.25, 0.3) is 11.8 Å². The van der Waals surface area contributed by atoms with Crippen LogP contribution in [-0.2, 0) is 6.54 Å². The molecule has 0 unspecified atom stereocenters. The summed E-state index contributed by atoms with van der Waals surface area (Å²) >= 11 is 0. The minimum Gasteiger partial charge on any atom is -0.489 e. The van der Waals surface area contributed by atoms with Crippen LogP contribution in [0.15, 0.2) is 24.5 Å². The van der Waals surface area contributed by atoms with Gasteiger partial charge in [-0.15, -0.1) is 5.10 Å². The molecule has 0 bridgehead atoms. The quantitative estimate of drug-likeness (QED) is 0.260. The van der Waals surface area contributed by atoms with Crippen LogP contribution in [0.1, 0.15) is 97.5 Å². The van der Waals surface area contributed by atoms with Crippen molar-refractivity contribution in [3.8, 4) is 11.6 Å². The number of aliphatic hydroxyl groups is 1. The van der Waals surface area contributed by atoms with E-state index in [4.69, 9.17) is 15.2 Å². The Labute approximate surface area is 256 Å². The number of nitrogens with two attached hydrogens (primary N) is 1. The first-order valence-corrected chi connectivity index (χ1v) is 16.0. The van der Waals surface area contributed by atoms with E-state index in [9.17, 15) is 14.7 Å². The first-order chi connectivity index (χ1) is 21.1. The van der Waals surface area contributed by atoms with Crippen molar-refractivity contribution in [3.63, 3.8) is 0 Å². The first kappa shape index (κ1) is 29.1. The summed E-state index contributed by atoms with van der Waals surface area (Å²) in [5.41, 5.74) is 7.47. The number of amides is 2. The smallest absolute Gasteiger partial charge is 0.255 e. The molecular weight excluding hydrogens is 562 g/mol. The van der Waals surface area contributed by atoms with Crippen LogP contribution in [0.4, 0.5) is 0 Å². The summed E-state index contributed by atoms with van der Waals surface area (Å²) in [6.07, 6.45) is 11.2. The summed E-state index contributed by atoms with van der Waals surface area (Å²) in [4.78, 5) is 25.4. The molecule has 5 N–H and O–H groups in total. The van der Waals surface area contributed by atoms with Crippen molar-refractivity contribution in [2.45, 2.75) is 95.4 Å². The molecule has 12 nitrogen and oxygen atoms in total. The molecule has 1 spiro atoms. The molecule has 236 valence electrons. The van der Waals surface area contributed by atoms with Crippen LogP contribution in [-0.4, -0.2) is 73.8 Å². The van der Waals surface area contributed by atoms with Gasteiger partial charge in [-0.05, 0) is 102 Å². The third-order valence-electron chi connectivity index (χ3n) is 9.66. The van der Waals surface area contributed by atoms with Gasteiger partial charge in [0.15, 0.2) is 0 Å². The van der Waals surface area contributed by atoms with E-state index in [1.54, 1.807) is 26.2 Å². The molecule has 1 aliphatic heterocycles. The summed E-state index contributed by atoms with van der Waals surface area (Å²) in [6, 6.07) is 3.86. The van der Waals surface area contributed by atoms with Gasteiger partial charge in [-0.1, -0.05) is 0 Å². The third kappa shape index (κ3) is 5.89. The number of rotatable bonds is 11. The van der Waals surface area contributed by atoms with Gasteiger partial charge >= 0.3 is 0 Å². The molecule has 3 aliphatic carbocycles. The number of nitrogens with zero attached hydrogens (tertiary/aromatic N) is 4. The van der Waals surface area contributed by atoms with Gasteiger partial charge in [0.1, 0.15) is 24.0 Å². The van der Waals surface area contributed by atoms with Gasteiger partial charge in [0.05, 0.1) is 28.6 Å². The molecule has 44 heavy (non-hydrogen) atoms. The van der Waals surface area contributed by atoms with E-state index in [1.165, 1.54) is 0 Å². The zero-order valence-electron chi connectivity index (χ0n) is 25.6. The normalized spacial score (nSPS) is 25.4. The van der Waals surface area contributed by atoms with Gasteiger partial charge in [-0.2, -0.15) is 5.10 Å². The summed E-state index contributed by atoms with van der Waals surface area (Å²) in [5.74, 6) is 1.26. The molecule has 12 heteroatoms. The number of hydrogen-bond donors (Lipinski definition) is 4. The van der Waals surface area contributed by atoms with Gasteiger partial charge in [-0.3, -0.25) is 14.3 Å². The van der Waals surface area contributed by atoms with Crippen LogP contribution in [0.5, 0.6) is 11.6 Å². The van der Waals surface area contributed by atoms with Gasteiger partial charge in [0, 0.05) is 24.7 Å². The average molecular weight is 606 g/mol. The summed E-state index contributed by atoms with van der Waals surface area (Å²) < 4.78 is 15.8. The largest absolute Gasteiger partial charge is 0.489 e. The van der Waals surface area contributed by atoms with E-state index in [0.717, 1.165) is 82.2 Å². The molecule has 3 aromatic heterocycles. The number of carbonyl (C=O) groups excluding carboxylic acids is 2. The molecule has 0 radical (unpaired) electrons. The molecule has 7 rings (SSSR count). The monoisotopic (exact) mass is 605 g/mol. The maximum Gasteiger partial charge on any atom is 0.255 e. The lowest BCUT2D eigenvalue weighted by Gasteiger charge is -2.57. The Hall–Kier alpha value is -3.64. The lowest BCUT2D eigenvalue weighted by molar-refractivity contribution is -0.0849. The molecular formula is C32H43N7O5. The van der Waals surface area contributed by atoms with E-state index in [0.29, 0.717) is 34.6 Å². The van der Waals surface area contributed by atoms with Gasteiger partial charge < -0.3 is 30.9 Å². The second kappa shape index (κ2) is 11.1. The Kier molecular flexibility index (Phi) is 7.31. The van der Waals surface area contributed by atoms with E-state index in [-0.39, 0.29) is 30.1 Å².